The number of carbonyl (C=O) groups is 3. The van der Waals surface area contributed by atoms with Crippen LogP contribution in [0.15, 0.2) is 24.3 Å². The summed E-state index contributed by atoms with van der Waals surface area (Å²) in [7, 11) is 3.03. The predicted octanol–water partition coefficient (Wildman–Crippen LogP) is 1.11. The number of esters is 1. The zero-order valence-electron chi connectivity index (χ0n) is 13.8. The smallest absolute Gasteiger partial charge is 0.331 e. The van der Waals surface area contributed by atoms with Gasteiger partial charge >= 0.3 is 12.0 Å². The van der Waals surface area contributed by atoms with E-state index in [1.807, 2.05) is 5.32 Å². The molecule has 0 spiro atoms. The summed E-state index contributed by atoms with van der Waals surface area (Å²) < 4.78 is 15.0. The van der Waals surface area contributed by atoms with Gasteiger partial charge in [-0.05, 0) is 25.1 Å². The first-order valence-corrected chi connectivity index (χ1v) is 7.14. The number of hydrogen-bond acceptors (Lipinski definition) is 6. The highest BCUT2D eigenvalue weighted by Gasteiger charge is 2.09. The number of benzene rings is 1. The molecule has 8 nitrogen and oxygen atoms in total. The van der Waals surface area contributed by atoms with Gasteiger partial charge in [0.2, 0.25) is 0 Å². The van der Waals surface area contributed by atoms with E-state index in [9.17, 15) is 14.4 Å². The summed E-state index contributed by atoms with van der Waals surface area (Å²) in [6.45, 7) is 1.54. The molecule has 1 aromatic rings. The average molecular weight is 336 g/mol. The molecule has 0 aromatic heterocycles. The second-order valence-electron chi connectivity index (χ2n) is 4.46. The molecule has 8 heteroatoms. The van der Waals surface area contributed by atoms with E-state index in [2.05, 4.69) is 5.32 Å². The molecule has 0 bridgehead atoms. The Hall–Kier alpha value is -3.03. The number of methoxy groups -OCH3 is 2. The fourth-order valence-electron chi connectivity index (χ4n) is 1.67. The molecule has 2 N–H and O–H groups in total. The van der Waals surface area contributed by atoms with E-state index < -0.39 is 24.5 Å². The summed E-state index contributed by atoms with van der Waals surface area (Å²) >= 11 is 0. The van der Waals surface area contributed by atoms with Crippen molar-refractivity contribution in [3.8, 4) is 11.5 Å². The summed E-state index contributed by atoms with van der Waals surface area (Å²) in [6, 6.07) is 4.46. The van der Waals surface area contributed by atoms with Gasteiger partial charge in [0.25, 0.3) is 5.91 Å². The second-order valence-corrected chi connectivity index (χ2v) is 4.46. The SMILES string of the molecule is CCNC(=O)NC(=O)COC(=O)C=Cc1ccc(OC)cc1OC. The lowest BCUT2D eigenvalue weighted by Gasteiger charge is -2.07. The van der Waals surface area contributed by atoms with Crippen molar-refractivity contribution >= 4 is 24.0 Å². The second kappa shape index (κ2) is 9.88. The minimum atomic E-state index is -0.723. The van der Waals surface area contributed by atoms with E-state index >= 15 is 0 Å². The van der Waals surface area contributed by atoms with Crippen LogP contribution >= 0.6 is 0 Å². The quantitative estimate of drug-likeness (QED) is 0.571. The number of rotatable bonds is 7. The van der Waals surface area contributed by atoms with Crippen molar-refractivity contribution in [2.24, 2.45) is 0 Å². The topological polar surface area (TPSA) is 103 Å². The molecule has 0 radical (unpaired) electrons. The van der Waals surface area contributed by atoms with Crippen LogP contribution in [0.25, 0.3) is 6.08 Å². The molecule has 0 fully saturated rings. The number of amides is 3. The molecule has 0 saturated heterocycles. The van der Waals surface area contributed by atoms with E-state index in [0.29, 0.717) is 23.6 Å². The zero-order valence-corrected chi connectivity index (χ0v) is 13.8. The summed E-state index contributed by atoms with van der Waals surface area (Å²) in [5.41, 5.74) is 0.641. The van der Waals surface area contributed by atoms with Crippen molar-refractivity contribution in [3.63, 3.8) is 0 Å². The molecule has 0 heterocycles. The zero-order chi connectivity index (χ0) is 17.9. The van der Waals surface area contributed by atoms with E-state index in [-0.39, 0.29) is 0 Å². The number of imide groups is 1. The molecule has 3 amide bonds. The Morgan fingerprint density at radius 3 is 2.54 bits per heavy atom. The minimum absolute atomic E-state index is 0.380. The van der Waals surface area contributed by atoms with E-state index in [1.165, 1.54) is 20.3 Å². The molecule has 130 valence electrons. The standard InChI is InChI=1S/C16H20N2O6/c1-4-17-16(21)18-14(19)10-24-15(20)8-6-11-5-7-12(22-2)9-13(11)23-3/h5-9H,4,10H2,1-3H3,(H2,17,18,19,21). The van der Waals surface area contributed by atoms with Crippen molar-refractivity contribution in [2.75, 3.05) is 27.4 Å². The minimum Gasteiger partial charge on any atom is -0.497 e. The Morgan fingerprint density at radius 2 is 1.92 bits per heavy atom. The third-order valence-corrected chi connectivity index (χ3v) is 2.78. The van der Waals surface area contributed by atoms with Gasteiger partial charge < -0.3 is 19.5 Å². The molecular formula is C16H20N2O6. The Kier molecular flexibility index (Phi) is 7.83. The van der Waals surface area contributed by atoms with Crippen LogP contribution in [0.4, 0.5) is 4.79 Å². The van der Waals surface area contributed by atoms with E-state index in [0.717, 1.165) is 6.08 Å². The first-order chi connectivity index (χ1) is 11.5. The molecule has 1 aromatic carbocycles. The number of carbonyl (C=O) groups excluding carboxylic acids is 3. The Labute approximate surface area is 139 Å². The molecule has 0 atom stereocenters. The van der Waals surface area contributed by atoms with Crippen LogP contribution < -0.4 is 20.1 Å². The van der Waals surface area contributed by atoms with Crippen LogP contribution in [0, 0.1) is 0 Å². The molecule has 1 rings (SSSR count). The highest BCUT2D eigenvalue weighted by Crippen LogP contribution is 2.25. The molecule has 0 aliphatic carbocycles. The van der Waals surface area contributed by atoms with E-state index in [4.69, 9.17) is 14.2 Å². The Morgan fingerprint density at radius 1 is 1.17 bits per heavy atom. The van der Waals surface area contributed by atoms with Crippen LogP contribution in [-0.4, -0.2) is 45.3 Å². The van der Waals surface area contributed by atoms with Crippen molar-refractivity contribution in [2.45, 2.75) is 6.92 Å². The predicted molar refractivity (Wildman–Crippen MR) is 86.8 cm³/mol. The first-order valence-electron chi connectivity index (χ1n) is 7.14. The fraction of sp³-hybridized carbons (Fsp3) is 0.312. The van der Waals surface area contributed by atoms with Crippen molar-refractivity contribution in [1.82, 2.24) is 10.6 Å². The van der Waals surface area contributed by atoms with Crippen LogP contribution in [0.2, 0.25) is 0 Å². The van der Waals surface area contributed by atoms with Crippen LogP contribution in [0.1, 0.15) is 12.5 Å². The highest BCUT2D eigenvalue weighted by atomic mass is 16.5. The summed E-state index contributed by atoms with van der Waals surface area (Å²) in [5.74, 6) is -0.301. The lowest BCUT2D eigenvalue weighted by molar-refractivity contribution is -0.143. The summed E-state index contributed by atoms with van der Waals surface area (Å²) in [5, 5.41) is 4.40. The molecule has 0 saturated carbocycles. The average Bonchev–Trinajstić information content (AvgIpc) is 2.58. The first kappa shape index (κ1) is 19.0. The maximum Gasteiger partial charge on any atom is 0.331 e. The molecule has 0 aliphatic rings. The number of nitrogens with one attached hydrogen (secondary N) is 2. The maximum atomic E-state index is 11.6. The summed E-state index contributed by atoms with van der Waals surface area (Å²) in [4.78, 5) is 34.1. The van der Waals surface area contributed by atoms with Crippen LogP contribution in [0.3, 0.4) is 0 Å². The van der Waals surface area contributed by atoms with Gasteiger partial charge in [0.1, 0.15) is 11.5 Å². The highest BCUT2D eigenvalue weighted by molar-refractivity contribution is 5.96. The maximum absolute atomic E-state index is 11.6. The number of urea groups is 1. The van der Waals surface area contributed by atoms with Crippen LogP contribution in [0.5, 0.6) is 11.5 Å². The van der Waals surface area contributed by atoms with Gasteiger partial charge in [-0.25, -0.2) is 9.59 Å². The van der Waals surface area contributed by atoms with Gasteiger partial charge in [0, 0.05) is 24.3 Å². The van der Waals surface area contributed by atoms with Gasteiger partial charge in [-0.1, -0.05) is 0 Å². The third kappa shape index (κ3) is 6.39. The largest absolute Gasteiger partial charge is 0.497 e. The van der Waals surface area contributed by atoms with Crippen molar-refractivity contribution in [1.29, 1.82) is 0 Å². The van der Waals surface area contributed by atoms with Gasteiger partial charge in [0.15, 0.2) is 6.61 Å². The Balaban J connectivity index is 2.54. The number of hydrogen-bond donors (Lipinski definition) is 2. The van der Waals surface area contributed by atoms with Gasteiger partial charge in [-0.15, -0.1) is 0 Å². The molecule has 24 heavy (non-hydrogen) atoms. The van der Waals surface area contributed by atoms with Gasteiger partial charge in [-0.3, -0.25) is 10.1 Å². The molecule has 0 aliphatic heterocycles. The normalized spacial score (nSPS) is 10.1. The Bertz CT molecular complexity index is 627. The van der Waals surface area contributed by atoms with Crippen molar-refractivity contribution < 1.29 is 28.6 Å². The third-order valence-electron chi connectivity index (χ3n) is 2.78. The lowest BCUT2D eigenvalue weighted by Crippen LogP contribution is -2.41. The van der Waals surface area contributed by atoms with Gasteiger partial charge in [0.05, 0.1) is 14.2 Å². The van der Waals surface area contributed by atoms with Crippen molar-refractivity contribution in [3.05, 3.63) is 29.8 Å². The van der Waals surface area contributed by atoms with E-state index in [1.54, 1.807) is 25.1 Å². The summed E-state index contributed by atoms with van der Waals surface area (Å²) in [6.07, 6.45) is 2.64. The fourth-order valence-corrected chi connectivity index (χ4v) is 1.67. The lowest BCUT2D eigenvalue weighted by atomic mass is 10.2. The molecule has 0 unspecified atom stereocenters. The molecular weight excluding hydrogens is 316 g/mol. The van der Waals surface area contributed by atoms with Crippen LogP contribution in [-0.2, 0) is 14.3 Å². The number of ether oxygens (including phenoxy) is 3. The van der Waals surface area contributed by atoms with Gasteiger partial charge in [-0.2, -0.15) is 0 Å². The monoisotopic (exact) mass is 336 g/mol.